The summed E-state index contributed by atoms with van der Waals surface area (Å²) in [5.41, 5.74) is 0.579. The van der Waals surface area contributed by atoms with Crippen LogP contribution in [0.25, 0.3) is 0 Å². The first-order valence-electron chi connectivity index (χ1n) is 7.36. The average molecular weight is 294 g/mol. The van der Waals surface area contributed by atoms with Crippen LogP contribution in [0, 0.1) is 0 Å². The molecular formula is C14H22N4OS. The third-order valence-corrected chi connectivity index (χ3v) is 5.39. The van der Waals surface area contributed by atoms with E-state index in [9.17, 15) is 4.79 Å². The van der Waals surface area contributed by atoms with Gasteiger partial charge in [0.25, 0.3) is 5.91 Å². The molecule has 0 radical (unpaired) electrons. The number of nitrogens with one attached hydrogen (secondary N) is 1. The summed E-state index contributed by atoms with van der Waals surface area (Å²) in [7, 11) is 1.90. The molecule has 1 aromatic rings. The quantitative estimate of drug-likeness (QED) is 0.915. The first-order valence-corrected chi connectivity index (χ1v) is 8.52. The molecule has 2 fully saturated rings. The summed E-state index contributed by atoms with van der Waals surface area (Å²) in [6.07, 6.45) is 5.35. The van der Waals surface area contributed by atoms with E-state index in [-0.39, 0.29) is 5.91 Å². The van der Waals surface area contributed by atoms with Gasteiger partial charge in [-0.3, -0.25) is 9.48 Å². The zero-order valence-corrected chi connectivity index (χ0v) is 12.7. The first kappa shape index (κ1) is 13.9. The fourth-order valence-corrected chi connectivity index (χ4v) is 4.16. The van der Waals surface area contributed by atoms with E-state index in [0.717, 1.165) is 37.4 Å². The molecule has 2 atom stereocenters. The average Bonchev–Trinajstić information content (AvgIpc) is 3.18. The van der Waals surface area contributed by atoms with Gasteiger partial charge in [-0.1, -0.05) is 0 Å². The van der Waals surface area contributed by atoms with Crippen LogP contribution in [0.1, 0.15) is 35.8 Å². The highest BCUT2D eigenvalue weighted by Crippen LogP contribution is 2.23. The molecule has 0 aromatic carbocycles. The van der Waals surface area contributed by atoms with Crippen molar-refractivity contribution in [3.8, 4) is 0 Å². The van der Waals surface area contributed by atoms with Gasteiger partial charge in [-0.2, -0.15) is 16.9 Å². The van der Waals surface area contributed by atoms with Gasteiger partial charge in [0.15, 0.2) is 0 Å². The van der Waals surface area contributed by atoms with Crippen molar-refractivity contribution in [2.24, 2.45) is 0 Å². The highest BCUT2D eigenvalue weighted by Gasteiger charge is 2.26. The number of aromatic nitrogens is 2. The molecule has 2 aliphatic heterocycles. The fraction of sp³-hybridized carbons (Fsp3) is 0.714. The molecule has 0 spiro atoms. The van der Waals surface area contributed by atoms with Crippen LogP contribution < -0.4 is 5.32 Å². The largest absolute Gasteiger partial charge is 0.336 e. The van der Waals surface area contributed by atoms with Gasteiger partial charge < -0.3 is 10.2 Å². The number of piperidine rings is 1. The number of hydrogen-bond donors (Lipinski definition) is 1. The SMILES string of the molecule is CN(C(=O)c1ccn([C@@H]2CCCNC2)n1)[C@@H]1CCSC1. The normalized spacial score (nSPS) is 26.6. The van der Waals surface area contributed by atoms with Crippen LogP contribution in [-0.2, 0) is 0 Å². The molecule has 20 heavy (non-hydrogen) atoms. The zero-order chi connectivity index (χ0) is 13.9. The molecule has 1 aromatic heterocycles. The Balaban J connectivity index is 1.67. The van der Waals surface area contributed by atoms with Crippen LogP contribution in [0.4, 0.5) is 0 Å². The van der Waals surface area contributed by atoms with Crippen LogP contribution in [0.5, 0.6) is 0 Å². The maximum absolute atomic E-state index is 12.5. The molecule has 6 heteroatoms. The molecule has 2 saturated heterocycles. The predicted molar refractivity (Wildman–Crippen MR) is 81.2 cm³/mol. The van der Waals surface area contributed by atoms with Crippen molar-refractivity contribution in [2.45, 2.75) is 31.3 Å². The Labute approximate surface area is 124 Å². The van der Waals surface area contributed by atoms with E-state index >= 15 is 0 Å². The van der Waals surface area contributed by atoms with Crippen molar-refractivity contribution < 1.29 is 4.79 Å². The van der Waals surface area contributed by atoms with Gasteiger partial charge in [-0.05, 0) is 37.6 Å². The third-order valence-electron chi connectivity index (χ3n) is 4.25. The Morgan fingerprint density at radius 3 is 3.15 bits per heavy atom. The maximum atomic E-state index is 12.5. The standard InChI is InChI=1S/C14H22N4OS/c1-17(12-5-8-20-10-12)14(19)13-4-7-18(16-13)11-3-2-6-15-9-11/h4,7,11-12,15H,2-3,5-6,8-10H2,1H3/t11-,12-/m1/s1. The Hall–Kier alpha value is -1.01. The summed E-state index contributed by atoms with van der Waals surface area (Å²) in [6, 6.07) is 2.61. The molecule has 2 aliphatic rings. The summed E-state index contributed by atoms with van der Waals surface area (Å²) in [5.74, 6) is 2.26. The van der Waals surface area contributed by atoms with Crippen LogP contribution in [-0.4, -0.2) is 58.3 Å². The molecule has 1 amide bonds. The monoisotopic (exact) mass is 294 g/mol. The van der Waals surface area contributed by atoms with Gasteiger partial charge in [0.2, 0.25) is 0 Å². The van der Waals surface area contributed by atoms with Gasteiger partial charge in [0.05, 0.1) is 6.04 Å². The molecule has 110 valence electrons. The highest BCUT2D eigenvalue weighted by atomic mass is 32.2. The topological polar surface area (TPSA) is 50.2 Å². The maximum Gasteiger partial charge on any atom is 0.274 e. The second-order valence-electron chi connectivity index (χ2n) is 5.61. The van der Waals surface area contributed by atoms with Gasteiger partial charge in [0.1, 0.15) is 5.69 Å². The molecule has 3 heterocycles. The van der Waals surface area contributed by atoms with Crippen molar-refractivity contribution >= 4 is 17.7 Å². The number of amides is 1. The highest BCUT2D eigenvalue weighted by molar-refractivity contribution is 7.99. The van der Waals surface area contributed by atoms with Crippen LogP contribution in [0.2, 0.25) is 0 Å². The Kier molecular flexibility index (Phi) is 4.31. The van der Waals surface area contributed by atoms with E-state index in [1.165, 1.54) is 6.42 Å². The summed E-state index contributed by atoms with van der Waals surface area (Å²) >= 11 is 1.92. The van der Waals surface area contributed by atoms with Crippen LogP contribution in [0.3, 0.4) is 0 Å². The number of thioether (sulfide) groups is 1. The van der Waals surface area contributed by atoms with E-state index in [0.29, 0.717) is 17.8 Å². The lowest BCUT2D eigenvalue weighted by Crippen LogP contribution is -2.37. The van der Waals surface area contributed by atoms with Gasteiger partial charge in [0, 0.05) is 31.6 Å². The minimum atomic E-state index is 0.0556. The molecule has 0 saturated carbocycles. The van der Waals surface area contributed by atoms with Crippen molar-refractivity contribution in [1.82, 2.24) is 20.0 Å². The van der Waals surface area contributed by atoms with Gasteiger partial charge in [-0.25, -0.2) is 0 Å². The van der Waals surface area contributed by atoms with E-state index < -0.39 is 0 Å². The molecule has 1 N–H and O–H groups in total. The Morgan fingerprint density at radius 2 is 2.45 bits per heavy atom. The summed E-state index contributed by atoms with van der Waals surface area (Å²) < 4.78 is 1.95. The second kappa shape index (κ2) is 6.18. The van der Waals surface area contributed by atoms with Crippen molar-refractivity contribution in [1.29, 1.82) is 0 Å². The number of carbonyl (C=O) groups is 1. The van der Waals surface area contributed by atoms with Crippen LogP contribution in [0.15, 0.2) is 12.3 Å². The lowest BCUT2D eigenvalue weighted by atomic mass is 10.1. The van der Waals surface area contributed by atoms with E-state index in [1.807, 2.05) is 40.7 Å². The van der Waals surface area contributed by atoms with Gasteiger partial charge >= 0.3 is 0 Å². The minimum absolute atomic E-state index is 0.0556. The third kappa shape index (κ3) is 2.86. The fourth-order valence-electron chi connectivity index (χ4n) is 2.89. The molecular weight excluding hydrogens is 272 g/mol. The summed E-state index contributed by atoms with van der Waals surface area (Å²) in [6.45, 7) is 2.04. The van der Waals surface area contributed by atoms with E-state index in [1.54, 1.807) is 0 Å². The van der Waals surface area contributed by atoms with Crippen LogP contribution >= 0.6 is 11.8 Å². The van der Waals surface area contributed by atoms with Gasteiger partial charge in [-0.15, -0.1) is 0 Å². The van der Waals surface area contributed by atoms with Crippen molar-refractivity contribution in [3.05, 3.63) is 18.0 Å². The molecule has 0 bridgehead atoms. The molecule has 0 aliphatic carbocycles. The molecule has 0 unspecified atom stereocenters. The summed E-state index contributed by atoms with van der Waals surface area (Å²) in [4.78, 5) is 14.3. The smallest absolute Gasteiger partial charge is 0.274 e. The number of rotatable bonds is 3. The first-order chi connectivity index (χ1) is 9.75. The van der Waals surface area contributed by atoms with Crippen molar-refractivity contribution in [3.63, 3.8) is 0 Å². The second-order valence-corrected chi connectivity index (χ2v) is 6.76. The number of nitrogens with zero attached hydrogens (tertiary/aromatic N) is 3. The zero-order valence-electron chi connectivity index (χ0n) is 11.9. The van der Waals surface area contributed by atoms with E-state index in [4.69, 9.17) is 0 Å². The number of carbonyl (C=O) groups excluding carboxylic acids is 1. The lowest BCUT2D eigenvalue weighted by molar-refractivity contribution is 0.0740. The lowest BCUT2D eigenvalue weighted by Gasteiger charge is -2.24. The van der Waals surface area contributed by atoms with E-state index in [2.05, 4.69) is 10.4 Å². The number of hydrogen-bond acceptors (Lipinski definition) is 4. The molecule has 5 nitrogen and oxygen atoms in total. The predicted octanol–water partition coefficient (Wildman–Crippen LogP) is 1.39. The molecule has 3 rings (SSSR count). The Bertz CT molecular complexity index is 463. The Morgan fingerprint density at radius 1 is 1.55 bits per heavy atom. The minimum Gasteiger partial charge on any atom is -0.336 e. The van der Waals surface area contributed by atoms with Crippen molar-refractivity contribution in [2.75, 3.05) is 31.6 Å². The summed E-state index contributed by atoms with van der Waals surface area (Å²) in [5, 5.41) is 7.89.